The van der Waals surface area contributed by atoms with E-state index in [1.54, 1.807) is 11.0 Å². The largest absolute Gasteiger partial charge is 0.382 e. The van der Waals surface area contributed by atoms with E-state index in [-0.39, 0.29) is 17.5 Å². The number of carbonyl (C=O) groups excluding carboxylic acids is 1. The summed E-state index contributed by atoms with van der Waals surface area (Å²) in [6.07, 6.45) is 3.15. The Labute approximate surface area is 157 Å². The average molecular weight is 380 g/mol. The Morgan fingerprint density at radius 2 is 2.12 bits per heavy atom. The number of unbranched alkanes of at least 4 members (excludes halogenated alkanes) is 1. The van der Waals surface area contributed by atoms with Gasteiger partial charge < -0.3 is 10.0 Å². The highest BCUT2D eigenvalue weighted by atomic mass is 32.1. The minimum absolute atomic E-state index is 0.00212. The van der Waals surface area contributed by atoms with Gasteiger partial charge in [0.1, 0.15) is 6.10 Å². The van der Waals surface area contributed by atoms with Crippen LogP contribution in [0.5, 0.6) is 0 Å². The third kappa shape index (κ3) is 5.27. The molecule has 0 radical (unpaired) electrons. The number of hydrogen-bond acceptors (Lipinski definition) is 4. The molecule has 0 saturated carbocycles. The number of benzene rings is 1. The summed E-state index contributed by atoms with van der Waals surface area (Å²) in [6.45, 7) is 1.10. The molecule has 26 heavy (non-hydrogen) atoms. The van der Waals surface area contributed by atoms with E-state index in [0.29, 0.717) is 25.9 Å². The van der Waals surface area contributed by atoms with Crippen molar-refractivity contribution in [2.24, 2.45) is 4.99 Å². The molecule has 1 heterocycles. The average Bonchev–Trinajstić information content (AvgIpc) is 3.00. The van der Waals surface area contributed by atoms with Gasteiger partial charge in [0.2, 0.25) is 5.91 Å². The molecule has 1 aliphatic heterocycles. The molecule has 1 amide bonds. The lowest BCUT2D eigenvalue weighted by molar-refractivity contribution is -0.128. The lowest BCUT2D eigenvalue weighted by atomic mass is 10.0. The molecule has 0 aliphatic carbocycles. The van der Waals surface area contributed by atoms with E-state index in [1.165, 1.54) is 30.3 Å². The zero-order chi connectivity index (χ0) is 19.0. The summed E-state index contributed by atoms with van der Waals surface area (Å²) in [5.74, 6) is -3.38. The molecule has 0 bridgehead atoms. The minimum Gasteiger partial charge on any atom is -0.382 e. The number of rotatable bonds is 9. The number of carbonyl (C=O) groups is 1. The maximum absolute atomic E-state index is 14.3. The van der Waals surface area contributed by atoms with Crippen molar-refractivity contribution in [1.82, 2.24) is 4.90 Å². The highest BCUT2D eigenvalue weighted by molar-refractivity contribution is 7.78. The summed E-state index contributed by atoms with van der Waals surface area (Å²) in [7, 11) is 0. The summed E-state index contributed by atoms with van der Waals surface area (Å²) in [5, 5.41) is 12.2. The van der Waals surface area contributed by atoms with E-state index in [1.807, 2.05) is 0 Å². The zero-order valence-corrected chi connectivity index (χ0v) is 15.2. The van der Waals surface area contributed by atoms with Crippen LogP contribution in [0.2, 0.25) is 0 Å². The van der Waals surface area contributed by atoms with Gasteiger partial charge in [0, 0.05) is 25.1 Å². The van der Waals surface area contributed by atoms with Gasteiger partial charge in [0.15, 0.2) is 0 Å². The van der Waals surface area contributed by atoms with Crippen molar-refractivity contribution in [2.45, 2.75) is 43.8 Å². The molecule has 4 nitrogen and oxygen atoms in total. The second-order valence-corrected chi connectivity index (χ2v) is 6.37. The molecule has 2 atom stereocenters. The SMILES string of the molecule is O=C1CC[C@H](/C=C/C(O)C(F)(F)c2ccccc2)N1CCCCN=C=S. The molecular formula is C19H22F2N2O2S. The Morgan fingerprint density at radius 3 is 2.81 bits per heavy atom. The number of likely N-dealkylation sites (tertiary alicyclic amines) is 1. The van der Waals surface area contributed by atoms with Crippen molar-refractivity contribution in [2.75, 3.05) is 13.1 Å². The van der Waals surface area contributed by atoms with E-state index < -0.39 is 12.0 Å². The van der Waals surface area contributed by atoms with E-state index in [0.717, 1.165) is 18.9 Å². The lowest BCUT2D eigenvalue weighted by Gasteiger charge is -2.24. The molecule has 1 aromatic rings. The predicted molar refractivity (Wildman–Crippen MR) is 99.3 cm³/mol. The zero-order valence-electron chi connectivity index (χ0n) is 14.4. The lowest BCUT2D eigenvalue weighted by Crippen LogP contribution is -2.34. The van der Waals surface area contributed by atoms with Crippen LogP contribution in [0, 0.1) is 0 Å². The number of alkyl halides is 2. The second-order valence-electron chi connectivity index (χ2n) is 6.19. The molecule has 1 saturated heterocycles. The molecule has 2 rings (SSSR count). The predicted octanol–water partition coefficient (Wildman–Crippen LogP) is 3.57. The number of amides is 1. The van der Waals surface area contributed by atoms with Crippen molar-refractivity contribution in [3.8, 4) is 0 Å². The van der Waals surface area contributed by atoms with Crippen LogP contribution in [0.25, 0.3) is 0 Å². The van der Waals surface area contributed by atoms with Crippen LogP contribution in [-0.4, -0.2) is 46.3 Å². The van der Waals surface area contributed by atoms with Gasteiger partial charge in [0.25, 0.3) is 0 Å². The fraction of sp³-hybridized carbons (Fsp3) is 0.474. The summed E-state index contributed by atoms with van der Waals surface area (Å²) < 4.78 is 28.6. The van der Waals surface area contributed by atoms with Crippen LogP contribution in [0.1, 0.15) is 31.2 Å². The third-order valence-electron chi connectivity index (χ3n) is 4.40. The van der Waals surface area contributed by atoms with Crippen molar-refractivity contribution >= 4 is 23.3 Å². The van der Waals surface area contributed by atoms with Crippen molar-refractivity contribution in [3.63, 3.8) is 0 Å². The van der Waals surface area contributed by atoms with E-state index >= 15 is 0 Å². The van der Waals surface area contributed by atoms with Crippen LogP contribution in [0.4, 0.5) is 8.78 Å². The van der Waals surface area contributed by atoms with Gasteiger partial charge >= 0.3 is 5.92 Å². The van der Waals surface area contributed by atoms with Gasteiger partial charge in [-0.05, 0) is 31.5 Å². The maximum Gasteiger partial charge on any atom is 0.302 e. The Hall–Kier alpha value is -1.95. The third-order valence-corrected chi connectivity index (χ3v) is 4.53. The number of aliphatic hydroxyl groups is 1. The molecule has 1 unspecified atom stereocenters. The topological polar surface area (TPSA) is 52.9 Å². The summed E-state index contributed by atoms with van der Waals surface area (Å²) in [5.41, 5.74) is -0.240. The van der Waals surface area contributed by atoms with Gasteiger partial charge in [-0.25, -0.2) is 4.99 Å². The fourth-order valence-electron chi connectivity index (χ4n) is 2.95. The number of isothiocyanates is 1. The van der Waals surface area contributed by atoms with Crippen LogP contribution in [-0.2, 0) is 10.7 Å². The molecule has 140 valence electrons. The van der Waals surface area contributed by atoms with Crippen LogP contribution in [0.3, 0.4) is 0 Å². The molecule has 7 heteroatoms. The highest BCUT2D eigenvalue weighted by Crippen LogP contribution is 2.32. The molecule has 1 N–H and O–H groups in total. The first-order valence-corrected chi connectivity index (χ1v) is 9.00. The number of aliphatic hydroxyl groups excluding tert-OH is 1. The van der Waals surface area contributed by atoms with E-state index in [2.05, 4.69) is 22.4 Å². The van der Waals surface area contributed by atoms with Gasteiger partial charge in [-0.15, -0.1) is 0 Å². The number of halogens is 2. The first-order valence-electron chi connectivity index (χ1n) is 8.59. The Morgan fingerprint density at radius 1 is 1.38 bits per heavy atom. The first kappa shape index (κ1) is 20.4. The summed E-state index contributed by atoms with van der Waals surface area (Å²) in [4.78, 5) is 17.5. The van der Waals surface area contributed by atoms with Gasteiger partial charge in [0.05, 0.1) is 11.2 Å². The number of aliphatic imine (C=N–C) groups is 1. The first-order chi connectivity index (χ1) is 12.5. The molecular weight excluding hydrogens is 358 g/mol. The molecule has 0 aromatic heterocycles. The number of hydrogen-bond donors (Lipinski definition) is 1. The van der Waals surface area contributed by atoms with Crippen molar-refractivity contribution in [3.05, 3.63) is 48.0 Å². The molecule has 1 aromatic carbocycles. The van der Waals surface area contributed by atoms with Gasteiger partial charge in [-0.2, -0.15) is 8.78 Å². The maximum atomic E-state index is 14.3. The Balaban J connectivity index is 1.96. The fourth-order valence-corrected chi connectivity index (χ4v) is 3.04. The van der Waals surface area contributed by atoms with Crippen LogP contribution in [0.15, 0.2) is 47.5 Å². The van der Waals surface area contributed by atoms with Crippen LogP contribution >= 0.6 is 12.2 Å². The summed E-state index contributed by atoms with van der Waals surface area (Å²) in [6, 6.07) is 6.95. The minimum atomic E-state index is -3.39. The van der Waals surface area contributed by atoms with Crippen molar-refractivity contribution in [1.29, 1.82) is 0 Å². The molecule has 1 aliphatic rings. The highest BCUT2D eigenvalue weighted by Gasteiger charge is 2.39. The standard InChI is InChI=1S/C19H22F2N2O2S/c20-19(21,15-6-2-1-3-7-15)17(24)10-8-16-9-11-18(25)23(16)13-5-4-12-22-14-26/h1-3,6-8,10,16-17,24H,4-5,9,11-13H2/b10-8+/t16-,17?/m0/s1. The van der Waals surface area contributed by atoms with E-state index in [9.17, 15) is 18.7 Å². The quantitative estimate of drug-likeness (QED) is 0.308. The molecule has 0 spiro atoms. The normalized spacial score (nSPS) is 19.0. The monoisotopic (exact) mass is 380 g/mol. The van der Waals surface area contributed by atoms with Gasteiger partial charge in [-0.1, -0.05) is 42.5 Å². The van der Waals surface area contributed by atoms with Gasteiger partial charge in [-0.3, -0.25) is 4.79 Å². The van der Waals surface area contributed by atoms with E-state index in [4.69, 9.17) is 0 Å². The smallest absolute Gasteiger partial charge is 0.302 e. The molecule has 1 fully saturated rings. The number of thiocarbonyl (C=S) groups is 1. The Kier molecular flexibility index (Phi) is 7.57. The summed E-state index contributed by atoms with van der Waals surface area (Å²) >= 11 is 4.50. The Bertz CT molecular complexity index is 675. The van der Waals surface area contributed by atoms with Crippen molar-refractivity contribution < 1.29 is 18.7 Å². The second kappa shape index (κ2) is 9.67. The number of nitrogens with zero attached hydrogens (tertiary/aromatic N) is 2. The van der Waals surface area contributed by atoms with Crippen LogP contribution < -0.4 is 0 Å².